The monoisotopic (exact) mass is 333 g/mol. The molecule has 0 saturated carbocycles. The fraction of sp³-hybridized carbons (Fsp3) is 0.611. The maximum atomic E-state index is 12.1. The summed E-state index contributed by atoms with van der Waals surface area (Å²) in [6, 6.07) is 4.08. The normalized spacial score (nSPS) is 12.0. The first kappa shape index (κ1) is 19.9. The van der Waals surface area contributed by atoms with Gasteiger partial charge in [-0.1, -0.05) is 6.07 Å². The SMILES string of the molecule is CCNC(=NCCc1ccc(C)nc1)N(C)CC(=O)NC(C)(C)C. The zero-order chi connectivity index (χ0) is 18.2. The van der Waals surface area contributed by atoms with Gasteiger partial charge in [-0.2, -0.15) is 0 Å². The van der Waals surface area contributed by atoms with Gasteiger partial charge in [0.05, 0.1) is 6.54 Å². The zero-order valence-electron chi connectivity index (χ0n) is 15.8. The molecule has 0 fully saturated rings. The first-order valence-electron chi connectivity index (χ1n) is 8.43. The number of amides is 1. The van der Waals surface area contributed by atoms with E-state index in [0.717, 1.165) is 30.2 Å². The number of likely N-dealkylation sites (N-methyl/N-ethyl adjacent to an activating group) is 1. The Bertz CT molecular complexity index is 546. The summed E-state index contributed by atoms with van der Waals surface area (Å²) in [7, 11) is 1.87. The van der Waals surface area contributed by atoms with Gasteiger partial charge in [0.15, 0.2) is 5.96 Å². The molecule has 1 aromatic rings. The number of aromatic nitrogens is 1. The number of carbonyl (C=O) groups is 1. The van der Waals surface area contributed by atoms with E-state index in [9.17, 15) is 4.79 Å². The number of carbonyl (C=O) groups excluding carboxylic acids is 1. The van der Waals surface area contributed by atoms with Crippen LogP contribution in [0.5, 0.6) is 0 Å². The molecule has 0 bridgehead atoms. The van der Waals surface area contributed by atoms with Crippen LogP contribution in [-0.2, 0) is 11.2 Å². The minimum atomic E-state index is -0.230. The summed E-state index contributed by atoms with van der Waals surface area (Å²) in [6.07, 6.45) is 2.71. The summed E-state index contributed by atoms with van der Waals surface area (Å²) in [5.74, 6) is 0.722. The molecule has 134 valence electrons. The second kappa shape index (κ2) is 9.25. The molecule has 0 atom stereocenters. The van der Waals surface area contributed by atoms with E-state index in [1.807, 2.05) is 58.8 Å². The highest BCUT2D eigenvalue weighted by atomic mass is 16.2. The fourth-order valence-corrected chi connectivity index (χ4v) is 2.15. The van der Waals surface area contributed by atoms with Crippen LogP contribution in [0.15, 0.2) is 23.3 Å². The van der Waals surface area contributed by atoms with Gasteiger partial charge in [-0.3, -0.25) is 14.8 Å². The van der Waals surface area contributed by atoms with E-state index < -0.39 is 0 Å². The number of guanidine groups is 1. The molecule has 0 aromatic carbocycles. The summed E-state index contributed by atoms with van der Waals surface area (Å²) in [5.41, 5.74) is 1.94. The van der Waals surface area contributed by atoms with E-state index in [1.54, 1.807) is 0 Å². The van der Waals surface area contributed by atoms with E-state index in [-0.39, 0.29) is 18.0 Å². The standard InChI is InChI=1S/C18H31N5O/c1-7-19-17(23(6)13-16(24)22-18(3,4)5)20-11-10-15-9-8-14(2)21-12-15/h8-9,12H,7,10-11,13H2,1-6H3,(H,19,20)(H,22,24). The second-order valence-electron chi connectivity index (χ2n) is 6.95. The Morgan fingerprint density at radius 3 is 2.58 bits per heavy atom. The van der Waals surface area contributed by atoms with Crippen molar-refractivity contribution in [2.45, 2.75) is 46.6 Å². The topological polar surface area (TPSA) is 69.6 Å². The van der Waals surface area contributed by atoms with Crippen molar-refractivity contribution in [1.29, 1.82) is 0 Å². The van der Waals surface area contributed by atoms with Crippen molar-refractivity contribution in [3.05, 3.63) is 29.6 Å². The Labute approximate surface area is 145 Å². The molecule has 24 heavy (non-hydrogen) atoms. The zero-order valence-corrected chi connectivity index (χ0v) is 15.8. The number of aryl methyl sites for hydroxylation is 1. The van der Waals surface area contributed by atoms with Crippen LogP contribution in [0.2, 0.25) is 0 Å². The summed E-state index contributed by atoms with van der Waals surface area (Å²) in [4.78, 5) is 22.8. The highest BCUT2D eigenvalue weighted by Gasteiger charge is 2.16. The summed E-state index contributed by atoms with van der Waals surface area (Å²) < 4.78 is 0. The van der Waals surface area contributed by atoms with E-state index >= 15 is 0 Å². The van der Waals surface area contributed by atoms with Crippen molar-refractivity contribution < 1.29 is 4.79 Å². The van der Waals surface area contributed by atoms with Crippen LogP contribution in [0.4, 0.5) is 0 Å². The van der Waals surface area contributed by atoms with Crippen LogP contribution >= 0.6 is 0 Å². The summed E-state index contributed by atoms with van der Waals surface area (Å²) >= 11 is 0. The van der Waals surface area contributed by atoms with Gasteiger partial charge in [0.25, 0.3) is 0 Å². The van der Waals surface area contributed by atoms with Crippen molar-refractivity contribution in [1.82, 2.24) is 20.5 Å². The molecule has 1 rings (SSSR count). The second-order valence-corrected chi connectivity index (χ2v) is 6.95. The largest absolute Gasteiger partial charge is 0.357 e. The molecule has 0 saturated heterocycles. The lowest BCUT2D eigenvalue weighted by atomic mass is 10.1. The summed E-state index contributed by atoms with van der Waals surface area (Å²) in [5, 5.41) is 6.19. The van der Waals surface area contributed by atoms with Crippen LogP contribution in [0.1, 0.15) is 39.0 Å². The van der Waals surface area contributed by atoms with Crippen molar-refractivity contribution in [2.24, 2.45) is 4.99 Å². The Morgan fingerprint density at radius 1 is 1.33 bits per heavy atom. The molecule has 1 heterocycles. The lowest BCUT2D eigenvalue weighted by Gasteiger charge is -2.25. The lowest BCUT2D eigenvalue weighted by Crippen LogP contribution is -2.48. The third-order valence-corrected chi connectivity index (χ3v) is 3.23. The molecule has 0 spiro atoms. The van der Waals surface area contributed by atoms with Gasteiger partial charge in [0.1, 0.15) is 0 Å². The molecule has 0 aliphatic heterocycles. The Morgan fingerprint density at radius 2 is 2.04 bits per heavy atom. The van der Waals surface area contributed by atoms with Crippen LogP contribution in [0, 0.1) is 6.92 Å². The smallest absolute Gasteiger partial charge is 0.240 e. The minimum absolute atomic E-state index is 0.0154. The van der Waals surface area contributed by atoms with E-state index in [4.69, 9.17) is 0 Å². The molecule has 0 unspecified atom stereocenters. The average Bonchev–Trinajstić information content (AvgIpc) is 2.46. The fourth-order valence-electron chi connectivity index (χ4n) is 2.15. The lowest BCUT2D eigenvalue weighted by molar-refractivity contribution is -0.122. The summed E-state index contributed by atoms with van der Waals surface area (Å²) in [6.45, 7) is 11.6. The minimum Gasteiger partial charge on any atom is -0.357 e. The predicted octanol–water partition coefficient (Wildman–Crippen LogP) is 1.74. The molecule has 6 nitrogen and oxygen atoms in total. The van der Waals surface area contributed by atoms with Crippen LogP contribution in [0.3, 0.4) is 0 Å². The molecule has 0 aliphatic rings. The molecule has 6 heteroatoms. The number of hydrogen-bond acceptors (Lipinski definition) is 3. The van der Waals surface area contributed by atoms with Gasteiger partial charge in [0.2, 0.25) is 5.91 Å². The highest BCUT2D eigenvalue weighted by Crippen LogP contribution is 2.01. The van der Waals surface area contributed by atoms with E-state index in [1.165, 1.54) is 0 Å². The number of nitrogens with zero attached hydrogens (tertiary/aromatic N) is 3. The van der Waals surface area contributed by atoms with Crippen molar-refractivity contribution in [3.63, 3.8) is 0 Å². The average molecular weight is 333 g/mol. The number of rotatable bonds is 6. The van der Waals surface area contributed by atoms with E-state index in [0.29, 0.717) is 6.54 Å². The van der Waals surface area contributed by atoms with Gasteiger partial charge < -0.3 is 15.5 Å². The van der Waals surface area contributed by atoms with Gasteiger partial charge in [0, 0.05) is 37.6 Å². The number of pyridine rings is 1. The third-order valence-electron chi connectivity index (χ3n) is 3.23. The van der Waals surface area contributed by atoms with Crippen molar-refractivity contribution in [2.75, 3.05) is 26.7 Å². The highest BCUT2D eigenvalue weighted by molar-refractivity contribution is 5.86. The predicted molar refractivity (Wildman–Crippen MR) is 99.2 cm³/mol. The van der Waals surface area contributed by atoms with Gasteiger partial charge >= 0.3 is 0 Å². The number of aliphatic imine (C=N–C) groups is 1. The Balaban J connectivity index is 2.60. The first-order chi connectivity index (χ1) is 11.2. The van der Waals surface area contributed by atoms with Gasteiger partial charge in [-0.05, 0) is 52.7 Å². The Kier molecular flexibility index (Phi) is 7.68. The maximum Gasteiger partial charge on any atom is 0.240 e. The Hall–Kier alpha value is -2.11. The third kappa shape index (κ3) is 7.94. The molecule has 0 aliphatic carbocycles. The van der Waals surface area contributed by atoms with Crippen LogP contribution in [0.25, 0.3) is 0 Å². The van der Waals surface area contributed by atoms with Crippen molar-refractivity contribution in [3.8, 4) is 0 Å². The van der Waals surface area contributed by atoms with Crippen LogP contribution < -0.4 is 10.6 Å². The maximum absolute atomic E-state index is 12.1. The molecule has 1 amide bonds. The molecular formula is C18H31N5O. The van der Waals surface area contributed by atoms with Gasteiger partial charge in [-0.15, -0.1) is 0 Å². The molecule has 0 radical (unpaired) electrons. The quantitative estimate of drug-likeness (QED) is 0.615. The van der Waals surface area contributed by atoms with Crippen LogP contribution in [-0.4, -0.2) is 54.0 Å². The molecule has 1 aromatic heterocycles. The number of hydrogen-bond donors (Lipinski definition) is 2. The number of nitrogens with one attached hydrogen (secondary N) is 2. The van der Waals surface area contributed by atoms with Crippen molar-refractivity contribution >= 4 is 11.9 Å². The molecule has 2 N–H and O–H groups in total. The van der Waals surface area contributed by atoms with E-state index in [2.05, 4.69) is 26.7 Å². The van der Waals surface area contributed by atoms with Gasteiger partial charge in [-0.25, -0.2) is 0 Å². The first-order valence-corrected chi connectivity index (χ1v) is 8.43. The molecular weight excluding hydrogens is 302 g/mol.